The van der Waals surface area contributed by atoms with E-state index in [1.54, 1.807) is 24.3 Å². The van der Waals surface area contributed by atoms with Crippen molar-refractivity contribution in [2.75, 3.05) is 10.6 Å². The number of halogens is 3. The minimum atomic E-state index is -4.49. The fourth-order valence-corrected chi connectivity index (χ4v) is 4.07. The van der Waals surface area contributed by atoms with Crippen LogP contribution in [0.2, 0.25) is 0 Å². The van der Waals surface area contributed by atoms with Crippen molar-refractivity contribution in [2.45, 2.75) is 37.9 Å². The second kappa shape index (κ2) is 9.58. The van der Waals surface area contributed by atoms with Gasteiger partial charge in [0, 0.05) is 23.1 Å². The number of carbonyl (C=O) groups excluding carboxylic acids is 1. The maximum Gasteiger partial charge on any atom is 0.416 e. The number of nitrogens with zero attached hydrogens (tertiary/aromatic N) is 2. The van der Waals surface area contributed by atoms with Crippen molar-refractivity contribution in [1.82, 2.24) is 9.78 Å². The SMILES string of the molecule is O=C(Nc1ccc(-c2ccn(C3CCC(C(=O)O)CC3)n2)cc1)Nc1cccc(C(F)(F)F)c1. The molecule has 0 unspecified atom stereocenters. The Kier molecular flexibility index (Phi) is 6.58. The van der Waals surface area contributed by atoms with Gasteiger partial charge in [-0.15, -0.1) is 0 Å². The van der Waals surface area contributed by atoms with Crippen molar-refractivity contribution < 1.29 is 27.9 Å². The molecular formula is C24H23F3N4O3. The number of aromatic nitrogens is 2. The van der Waals surface area contributed by atoms with E-state index in [0.717, 1.165) is 36.2 Å². The number of rotatable bonds is 5. The summed E-state index contributed by atoms with van der Waals surface area (Å²) in [4.78, 5) is 23.3. The van der Waals surface area contributed by atoms with Gasteiger partial charge in [0.05, 0.1) is 23.2 Å². The van der Waals surface area contributed by atoms with Crippen LogP contribution in [-0.4, -0.2) is 26.9 Å². The fraction of sp³-hybridized carbons (Fsp3) is 0.292. The highest BCUT2D eigenvalue weighted by Crippen LogP contribution is 2.33. The first-order valence-corrected chi connectivity index (χ1v) is 10.8. The molecular weight excluding hydrogens is 449 g/mol. The van der Waals surface area contributed by atoms with Crippen molar-refractivity contribution in [1.29, 1.82) is 0 Å². The molecule has 2 aromatic carbocycles. The van der Waals surface area contributed by atoms with Crippen LogP contribution in [0.1, 0.15) is 37.3 Å². The lowest BCUT2D eigenvalue weighted by molar-refractivity contribution is -0.143. The lowest BCUT2D eigenvalue weighted by Gasteiger charge is -2.26. The van der Waals surface area contributed by atoms with Crippen LogP contribution in [0.5, 0.6) is 0 Å². The van der Waals surface area contributed by atoms with Gasteiger partial charge in [-0.3, -0.25) is 9.48 Å². The van der Waals surface area contributed by atoms with Crippen molar-refractivity contribution >= 4 is 23.4 Å². The molecule has 0 saturated heterocycles. The highest BCUT2D eigenvalue weighted by molar-refractivity contribution is 5.99. The number of carbonyl (C=O) groups is 2. The van der Waals surface area contributed by atoms with Gasteiger partial charge < -0.3 is 15.7 Å². The van der Waals surface area contributed by atoms with Crippen LogP contribution < -0.4 is 10.6 Å². The number of hydrogen-bond donors (Lipinski definition) is 3. The van der Waals surface area contributed by atoms with E-state index in [1.807, 2.05) is 16.9 Å². The van der Waals surface area contributed by atoms with Crippen molar-refractivity contribution in [3.05, 3.63) is 66.4 Å². The monoisotopic (exact) mass is 472 g/mol. The van der Waals surface area contributed by atoms with Gasteiger partial charge in [0.1, 0.15) is 0 Å². The molecule has 0 atom stereocenters. The second-order valence-corrected chi connectivity index (χ2v) is 8.26. The lowest BCUT2D eigenvalue weighted by Crippen LogP contribution is -2.23. The maximum atomic E-state index is 12.8. The Bertz CT molecular complexity index is 1170. The summed E-state index contributed by atoms with van der Waals surface area (Å²) < 4.78 is 40.4. The number of hydrogen-bond acceptors (Lipinski definition) is 3. The molecule has 178 valence electrons. The minimum Gasteiger partial charge on any atom is -0.481 e. The predicted molar refractivity (Wildman–Crippen MR) is 120 cm³/mol. The van der Waals surface area contributed by atoms with Gasteiger partial charge in [0.25, 0.3) is 0 Å². The fourth-order valence-electron chi connectivity index (χ4n) is 4.07. The van der Waals surface area contributed by atoms with E-state index in [2.05, 4.69) is 15.7 Å². The van der Waals surface area contributed by atoms with Crippen LogP contribution in [0.4, 0.5) is 29.3 Å². The van der Waals surface area contributed by atoms with E-state index < -0.39 is 23.7 Å². The van der Waals surface area contributed by atoms with E-state index in [4.69, 9.17) is 5.11 Å². The highest BCUT2D eigenvalue weighted by Gasteiger charge is 2.30. The number of urea groups is 1. The summed E-state index contributed by atoms with van der Waals surface area (Å²) in [6.45, 7) is 0. The molecule has 34 heavy (non-hydrogen) atoms. The predicted octanol–water partition coefficient (Wildman–Crippen LogP) is 6.03. The molecule has 3 aromatic rings. The Morgan fingerprint density at radius 1 is 0.941 bits per heavy atom. The maximum absolute atomic E-state index is 12.8. The van der Waals surface area contributed by atoms with E-state index in [0.29, 0.717) is 18.5 Å². The second-order valence-electron chi connectivity index (χ2n) is 8.26. The molecule has 1 aliphatic carbocycles. The number of alkyl halides is 3. The van der Waals surface area contributed by atoms with E-state index >= 15 is 0 Å². The summed E-state index contributed by atoms with van der Waals surface area (Å²) in [6, 6.07) is 12.7. The normalized spacial score (nSPS) is 18.3. The number of anilines is 2. The highest BCUT2D eigenvalue weighted by atomic mass is 19.4. The van der Waals surface area contributed by atoms with Crippen molar-refractivity contribution in [3.63, 3.8) is 0 Å². The van der Waals surface area contributed by atoms with Gasteiger partial charge >= 0.3 is 18.2 Å². The average Bonchev–Trinajstić information content (AvgIpc) is 3.29. The molecule has 1 aromatic heterocycles. The topological polar surface area (TPSA) is 96.2 Å². The van der Waals surface area contributed by atoms with Gasteiger partial charge in [-0.1, -0.05) is 18.2 Å². The molecule has 1 saturated carbocycles. The summed E-state index contributed by atoms with van der Waals surface area (Å²) in [7, 11) is 0. The molecule has 0 spiro atoms. The van der Waals surface area contributed by atoms with E-state index in [-0.39, 0.29) is 17.6 Å². The molecule has 3 N–H and O–H groups in total. The zero-order valence-corrected chi connectivity index (χ0v) is 18.0. The zero-order valence-electron chi connectivity index (χ0n) is 18.0. The van der Waals surface area contributed by atoms with Crippen molar-refractivity contribution in [2.24, 2.45) is 5.92 Å². The number of nitrogens with one attached hydrogen (secondary N) is 2. The largest absolute Gasteiger partial charge is 0.481 e. The quantitative estimate of drug-likeness (QED) is 0.423. The van der Waals surface area contributed by atoms with Gasteiger partial charge in [-0.05, 0) is 62.1 Å². The minimum absolute atomic E-state index is 0.0341. The van der Waals surface area contributed by atoms with Crippen LogP contribution in [-0.2, 0) is 11.0 Å². The Labute approximate surface area is 193 Å². The first-order chi connectivity index (χ1) is 16.2. The van der Waals surface area contributed by atoms with Gasteiger partial charge in [0.2, 0.25) is 0 Å². The number of benzene rings is 2. The molecule has 0 bridgehead atoms. The smallest absolute Gasteiger partial charge is 0.416 e. The number of carboxylic acid groups (broad SMARTS) is 1. The molecule has 1 heterocycles. The third kappa shape index (κ3) is 5.56. The van der Waals surface area contributed by atoms with Crippen LogP contribution in [0.25, 0.3) is 11.3 Å². The third-order valence-corrected chi connectivity index (χ3v) is 5.91. The molecule has 7 nitrogen and oxygen atoms in total. The zero-order chi connectivity index (χ0) is 24.3. The van der Waals surface area contributed by atoms with Gasteiger partial charge in [-0.2, -0.15) is 18.3 Å². The third-order valence-electron chi connectivity index (χ3n) is 5.91. The summed E-state index contributed by atoms with van der Waals surface area (Å²) >= 11 is 0. The van der Waals surface area contributed by atoms with Gasteiger partial charge in [-0.25, -0.2) is 4.79 Å². The number of aliphatic carboxylic acids is 1. The molecule has 0 radical (unpaired) electrons. The molecule has 1 fully saturated rings. The van der Waals surface area contributed by atoms with Crippen LogP contribution in [0, 0.1) is 5.92 Å². The molecule has 4 rings (SSSR count). The summed E-state index contributed by atoms with van der Waals surface area (Å²) in [6.07, 6.45) is 0.199. The van der Waals surface area contributed by atoms with Gasteiger partial charge in [0.15, 0.2) is 0 Å². The molecule has 10 heteroatoms. The van der Waals surface area contributed by atoms with Crippen LogP contribution >= 0.6 is 0 Å². The Balaban J connectivity index is 1.35. The molecule has 0 aliphatic heterocycles. The summed E-state index contributed by atoms with van der Waals surface area (Å²) in [5, 5.41) is 18.8. The van der Waals surface area contributed by atoms with Crippen molar-refractivity contribution in [3.8, 4) is 11.3 Å². The average molecular weight is 472 g/mol. The summed E-state index contributed by atoms with van der Waals surface area (Å²) in [5.41, 5.74) is 1.25. The lowest BCUT2D eigenvalue weighted by atomic mass is 9.86. The van der Waals surface area contributed by atoms with Crippen LogP contribution in [0.3, 0.4) is 0 Å². The number of amides is 2. The Hall–Kier alpha value is -3.82. The van der Waals surface area contributed by atoms with Crippen LogP contribution in [0.15, 0.2) is 60.8 Å². The Morgan fingerprint density at radius 2 is 1.62 bits per heavy atom. The standard InChI is InChI=1S/C24H23F3N4O3/c25-24(26,27)17-2-1-3-19(14-17)29-23(34)28-18-8-4-15(5-9-18)21-12-13-31(30-21)20-10-6-16(7-11-20)22(32)33/h1-5,8-9,12-14,16,20H,6-7,10-11H2,(H,32,33)(H2,28,29,34). The summed E-state index contributed by atoms with van der Waals surface area (Å²) in [5.74, 6) is -1.02. The molecule has 1 aliphatic rings. The number of carboxylic acids is 1. The Morgan fingerprint density at radius 3 is 2.26 bits per heavy atom. The molecule has 2 amide bonds. The first-order valence-electron chi connectivity index (χ1n) is 10.8. The first kappa shape index (κ1) is 23.3. The van der Waals surface area contributed by atoms with E-state index in [9.17, 15) is 22.8 Å². The van der Waals surface area contributed by atoms with E-state index in [1.165, 1.54) is 12.1 Å².